The summed E-state index contributed by atoms with van der Waals surface area (Å²) in [6.45, 7) is 2.43. The van der Waals surface area contributed by atoms with Crippen molar-refractivity contribution < 1.29 is 24.2 Å². The number of hydrogen-bond donors (Lipinski definition) is 2. The largest absolute Gasteiger partial charge is 0.481 e. The molecule has 9 heteroatoms. The molecule has 35 heavy (non-hydrogen) atoms. The molecule has 0 spiro atoms. The van der Waals surface area contributed by atoms with Crippen molar-refractivity contribution in [3.63, 3.8) is 0 Å². The summed E-state index contributed by atoms with van der Waals surface area (Å²) >= 11 is 1.05. The van der Waals surface area contributed by atoms with Gasteiger partial charge in [0.2, 0.25) is 0 Å². The second-order valence-electron chi connectivity index (χ2n) is 8.81. The van der Waals surface area contributed by atoms with Gasteiger partial charge in [-0.15, -0.1) is 0 Å². The van der Waals surface area contributed by atoms with Crippen LogP contribution in [0.25, 0.3) is 11.1 Å². The zero-order valence-corrected chi connectivity index (χ0v) is 20.0. The van der Waals surface area contributed by atoms with E-state index in [4.69, 9.17) is 4.74 Å². The van der Waals surface area contributed by atoms with E-state index in [0.29, 0.717) is 24.3 Å². The van der Waals surface area contributed by atoms with Crippen LogP contribution in [-0.2, 0) is 9.53 Å². The minimum absolute atomic E-state index is 0.0515. The standard InChI is InChI=1S/C26H25N3O5S/c1-15-16(24(31)32)11-6-12-29(15)23(30)22-13-27-25(35-22)28-26(33)34-14-21-19-9-4-2-7-17(19)18-8-3-5-10-20(18)21/h2-5,7-10,13,15-16,21H,6,11-12,14H2,1H3,(H,31,32)(H,27,28,33)/t15-,16-/m0/s1. The van der Waals surface area contributed by atoms with Gasteiger partial charge in [0.1, 0.15) is 11.5 Å². The highest BCUT2D eigenvalue weighted by Crippen LogP contribution is 2.44. The summed E-state index contributed by atoms with van der Waals surface area (Å²) in [5.74, 6) is -1.80. The van der Waals surface area contributed by atoms with Crippen LogP contribution in [0.1, 0.15) is 46.5 Å². The van der Waals surface area contributed by atoms with Crippen LogP contribution in [0.4, 0.5) is 9.93 Å². The first kappa shape index (κ1) is 23.0. The molecule has 0 unspecified atom stereocenters. The van der Waals surface area contributed by atoms with Gasteiger partial charge in [0.15, 0.2) is 5.13 Å². The van der Waals surface area contributed by atoms with Crippen molar-refractivity contribution in [2.24, 2.45) is 5.92 Å². The molecule has 3 aromatic rings. The minimum atomic E-state index is -0.892. The van der Waals surface area contributed by atoms with E-state index in [2.05, 4.69) is 34.6 Å². The number of aromatic nitrogens is 1. The van der Waals surface area contributed by atoms with Gasteiger partial charge in [-0.1, -0.05) is 59.9 Å². The number of benzene rings is 2. The summed E-state index contributed by atoms with van der Waals surface area (Å²) in [5, 5.41) is 12.3. The van der Waals surface area contributed by atoms with Crippen molar-refractivity contribution in [1.82, 2.24) is 9.88 Å². The molecule has 5 rings (SSSR count). The Morgan fingerprint density at radius 1 is 1.11 bits per heavy atom. The van der Waals surface area contributed by atoms with Crippen LogP contribution < -0.4 is 5.32 Å². The zero-order valence-electron chi connectivity index (χ0n) is 19.1. The quantitative estimate of drug-likeness (QED) is 0.529. The van der Waals surface area contributed by atoms with Gasteiger partial charge < -0.3 is 14.7 Å². The number of hydrogen-bond acceptors (Lipinski definition) is 6. The Kier molecular flexibility index (Phi) is 6.25. The fourth-order valence-corrected chi connectivity index (χ4v) is 5.81. The third kappa shape index (κ3) is 4.39. The molecule has 1 aliphatic carbocycles. The van der Waals surface area contributed by atoms with Crippen molar-refractivity contribution in [2.75, 3.05) is 18.5 Å². The van der Waals surface area contributed by atoms with Gasteiger partial charge in [0.25, 0.3) is 5.91 Å². The molecule has 2 aromatic carbocycles. The monoisotopic (exact) mass is 491 g/mol. The highest BCUT2D eigenvalue weighted by atomic mass is 32.1. The number of amides is 2. The third-order valence-corrected chi connectivity index (χ3v) is 7.74. The van der Waals surface area contributed by atoms with Gasteiger partial charge >= 0.3 is 12.1 Å². The first-order valence-corrected chi connectivity index (χ1v) is 12.4. The van der Waals surface area contributed by atoms with Crippen LogP contribution in [0, 0.1) is 5.92 Å². The molecule has 2 amide bonds. The molecule has 2 heterocycles. The first-order valence-electron chi connectivity index (χ1n) is 11.6. The molecule has 1 aliphatic heterocycles. The molecule has 1 saturated heterocycles. The number of carbonyl (C=O) groups is 3. The molecule has 2 atom stereocenters. The van der Waals surface area contributed by atoms with Crippen LogP contribution in [0.3, 0.4) is 0 Å². The smallest absolute Gasteiger partial charge is 0.413 e. The van der Waals surface area contributed by atoms with Crippen LogP contribution in [0.5, 0.6) is 0 Å². The second-order valence-corrected chi connectivity index (χ2v) is 9.84. The Bertz CT molecular complexity index is 1240. The normalized spacial score (nSPS) is 19.1. The predicted octanol–water partition coefficient (Wildman–Crippen LogP) is 4.83. The Balaban J connectivity index is 1.22. The summed E-state index contributed by atoms with van der Waals surface area (Å²) in [5.41, 5.74) is 4.55. The Hall–Kier alpha value is -3.72. The first-order chi connectivity index (χ1) is 16.9. The van der Waals surface area contributed by atoms with Crippen molar-refractivity contribution in [3.8, 4) is 11.1 Å². The minimum Gasteiger partial charge on any atom is -0.481 e. The van der Waals surface area contributed by atoms with Crippen LogP contribution in [0.15, 0.2) is 54.7 Å². The topological polar surface area (TPSA) is 109 Å². The van der Waals surface area contributed by atoms with Crippen LogP contribution >= 0.6 is 11.3 Å². The van der Waals surface area contributed by atoms with E-state index in [-0.39, 0.29) is 23.6 Å². The van der Waals surface area contributed by atoms with E-state index < -0.39 is 24.0 Å². The number of nitrogens with one attached hydrogen (secondary N) is 1. The van der Waals surface area contributed by atoms with E-state index in [0.717, 1.165) is 33.6 Å². The van der Waals surface area contributed by atoms with Crippen molar-refractivity contribution in [3.05, 3.63) is 70.7 Å². The second kappa shape index (κ2) is 9.50. The molecule has 0 bridgehead atoms. The molecule has 2 aliphatic rings. The number of nitrogens with zero attached hydrogens (tertiary/aromatic N) is 2. The SMILES string of the molecule is C[C@H]1[C@@H](C(=O)O)CCCN1C(=O)c1cnc(NC(=O)OCC2c3ccccc3-c3ccccc32)s1. The number of likely N-dealkylation sites (tertiary alicyclic amines) is 1. The lowest BCUT2D eigenvalue weighted by Gasteiger charge is -2.37. The average Bonchev–Trinajstić information content (AvgIpc) is 3.45. The van der Waals surface area contributed by atoms with Crippen molar-refractivity contribution >= 4 is 34.4 Å². The summed E-state index contributed by atoms with van der Waals surface area (Å²) in [6, 6.07) is 15.8. The number of anilines is 1. The van der Waals surface area contributed by atoms with E-state index in [1.165, 1.54) is 6.20 Å². The van der Waals surface area contributed by atoms with Crippen LogP contribution in [0.2, 0.25) is 0 Å². The number of piperidine rings is 1. The molecular weight excluding hydrogens is 466 g/mol. The molecule has 0 saturated carbocycles. The summed E-state index contributed by atoms with van der Waals surface area (Å²) in [4.78, 5) is 43.0. The average molecular weight is 492 g/mol. The van der Waals surface area contributed by atoms with E-state index in [9.17, 15) is 19.5 Å². The lowest BCUT2D eigenvalue weighted by Crippen LogP contribution is -2.48. The maximum absolute atomic E-state index is 13.0. The molecule has 180 valence electrons. The summed E-state index contributed by atoms with van der Waals surface area (Å²) < 4.78 is 5.54. The number of thiazole rings is 1. The predicted molar refractivity (Wildman–Crippen MR) is 132 cm³/mol. The zero-order chi connectivity index (χ0) is 24.5. The maximum atomic E-state index is 13.0. The number of carbonyl (C=O) groups excluding carboxylic acids is 2. The fourth-order valence-electron chi connectivity index (χ4n) is 5.05. The number of ether oxygens (including phenoxy) is 1. The number of fused-ring (bicyclic) bond motifs is 3. The lowest BCUT2D eigenvalue weighted by molar-refractivity contribution is -0.144. The highest BCUT2D eigenvalue weighted by molar-refractivity contribution is 7.17. The lowest BCUT2D eigenvalue weighted by atomic mass is 9.90. The fraction of sp³-hybridized carbons (Fsp3) is 0.308. The molecule has 0 radical (unpaired) electrons. The number of carboxylic acid groups (broad SMARTS) is 1. The maximum Gasteiger partial charge on any atom is 0.413 e. The van der Waals surface area contributed by atoms with Crippen molar-refractivity contribution in [1.29, 1.82) is 0 Å². The van der Waals surface area contributed by atoms with Crippen molar-refractivity contribution in [2.45, 2.75) is 31.7 Å². The molecule has 8 nitrogen and oxygen atoms in total. The Morgan fingerprint density at radius 3 is 2.43 bits per heavy atom. The summed E-state index contributed by atoms with van der Waals surface area (Å²) in [7, 11) is 0. The van der Waals surface area contributed by atoms with Gasteiger partial charge in [-0.2, -0.15) is 0 Å². The Morgan fingerprint density at radius 2 is 1.77 bits per heavy atom. The number of aliphatic carboxylic acids is 1. The van der Waals surface area contributed by atoms with Gasteiger partial charge in [0.05, 0.1) is 12.1 Å². The van der Waals surface area contributed by atoms with Gasteiger partial charge in [-0.3, -0.25) is 14.9 Å². The van der Waals surface area contributed by atoms with E-state index in [1.54, 1.807) is 11.8 Å². The van der Waals surface area contributed by atoms with E-state index in [1.807, 2.05) is 24.3 Å². The third-order valence-electron chi connectivity index (χ3n) is 6.84. The molecule has 1 fully saturated rings. The number of carboxylic acids is 1. The van der Waals surface area contributed by atoms with Gasteiger partial charge in [-0.25, -0.2) is 9.78 Å². The van der Waals surface area contributed by atoms with Gasteiger partial charge in [-0.05, 0) is 42.0 Å². The molecular formula is C26H25N3O5S. The number of rotatable bonds is 5. The molecule has 2 N–H and O–H groups in total. The summed E-state index contributed by atoms with van der Waals surface area (Å²) in [6.07, 6.45) is 1.95. The van der Waals surface area contributed by atoms with E-state index >= 15 is 0 Å². The van der Waals surface area contributed by atoms with Crippen LogP contribution in [-0.4, -0.2) is 52.2 Å². The van der Waals surface area contributed by atoms with Gasteiger partial charge in [0, 0.05) is 18.5 Å². The molecule has 1 aromatic heterocycles. The highest BCUT2D eigenvalue weighted by Gasteiger charge is 2.36. The Labute approximate surface area is 206 Å².